The van der Waals surface area contributed by atoms with E-state index in [2.05, 4.69) is 12.2 Å². The molecule has 0 aromatic rings. The molecule has 2 fully saturated rings. The average Bonchev–Trinajstić information content (AvgIpc) is 2.87. The molecule has 2 aliphatic rings. The zero-order valence-corrected chi connectivity index (χ0v) is 7.47. The molecule has 1 heteroatoms. The maximum absolute atomic E-state index is 3.65. The Bertz CT molecular complexity index is 129. The van der Waals surface area contributed by atoms with E-state index in [9.17, 15) is 0 Å². The molecule has 2 unspecified atom stereocenters. The van der Waals surface area contributed by atoms with Crippen molar-refractivity contribution in [3.63, 3.8) is 0 Å². The van der Waals surface area contributed by atoms with Crippen LogP contribution >= 0.6 is 0 Å². The highest BCUT2D eigenvalue weighted by Crippen LogP contribution is 2.37. The highest BCUT2D eigenvalue weighted by Gasteiger charge is 2.33. The van der Waals surface area contributed by atoms with Crippen molar-refractivity contribution in [2.45, 2.75) is 45.1 Å². The number of rotatable bonds is 2. The third-order valence-electron chi connectivity index (χ3n) is 3.31. The van der Waals surface area contributed by atoms with E-state index in [-0.39, 0.29) is 0 Å². The average molecular weight is 153 g/mol. The number of piperidine rings is 1. The third-order valence-corrected chi connectivity index (χ3v) is 3.31. The van der Waals surface area contributed by atoms with Gasteiger partial charge in [-0.25, -0.2) is 0 Å². The van der Waals surface area contributed by atoms with Gasteiger partial charge in [-0.15, -0.1) is 0 Å². The molecule has 1 heterocycles. The van der Waals surface area contributed by atoms with Gasteiger partial charge in [-0.3, -0.25) is 0 Å². The highest BCUT2D eigenvalue weighted by molar-refractivity contribution is 4.90. The van der Waals surface area contributed by atoms with Gasteiger partial charge in [0.25, 0.3) is 0 Å². The Morgan fingerprint density at radius 2 is 2.09 bits per heavy atom. The first-order chi connectivity index (χ1) is 5.40. The van der Waals surface area contributed by atoms with E-state index in [0.717, 1.165) is 17.9 Å². The molecule has 2 atom stereocenters. The topological polar surface area (TPSA) is 12.0 Å². The summed E-state index contributed by atoms with van der Waals surface area (Å²) in [5.41, 5.74) is 0. The van der Waals surface area contributed by atoms with Gasteiger partial charge in [-0.05, 0) is 44.1 Å². The van der Waals surface area contributed by atoms with Crippen LogP contribution in [0, 0.1) is 11.8 Å². The van der Waals surface area contributed by atoms with Crippen molar-refractivity contribution < 1.29 is 0 Å². The molecule has 0 amide bonds. The van der Waals surface area contributed by atoms with Crippen LogP contribution in [0.3, 0.4) is 0 Å². The molecule has 0 aromatic carbocycles. The lowest BCUT2D eigenvalue weighted by atomic mass is 9.88. The second kappa shape index (κ2) is 3.14. The van der Waals surface area contributed by atoms with Gasteiger partial charge < -0.3 is 5.32 Å². The Hall–Kier alpha value is -0.0400. The molecule has 11 heavy (non-hydrogen) atoms. The molecule has 1 aliphatic carbocycles. The summed E-state index contributed by atoms with van der Waals surface area (Å²) in [7, 11) is 0. The lowest BCUT2D eigenvalue weighted by molar-refractivity contribution is 0.275. The van der Waals surface area contributed by atoms with Crippen LogP contribution < -0.4 is 5.32 Å². The Kier molecular flexibility index (Phi) is 2.17. The van der Waals surface area contributed by atoms with Crippen LogP contribution in [0.25, 0.3) is 0 Å². The molecule has 64 valence electrons. The Morgan fingerprint density at radius 1 is 1.27 bits per heavy atom. The van der Waals surface area contributed by atoms with E-state index in [1.807, 2.05) is 0 Å². The maximum Gasteiger partial charge on any atom is 0.00979 e. The summed E-state index contributed by atoms with van der Waals surface area (Å²) in [5, 5.41) is 3.65. The summed E-state index contributed by atoms with van der Waals surface area (Å²) in [5.74, 6) is 2.09. The molecule has 1 nitrogen and oxygen atoms in total. The Balaban J connectivity index is 1.82. The SMILES string of the molecule is CCC1CCNC(C2CC2)C1. The van der Waals surface area contributed by atoms with E-state index in [1.165, 1.54) is 38.6 Å². The number of hydrogen-bond acceptors (Lipinski definition) is 1. The summed E-state index contributed by atoms with van der Waals surface area (Å²) in [6, 6.07) is 0.897. The number of nitrogens with one attached hydrogen (secondary N) is 1. The minimum atomic E-state index is 0.897. The zero-order chi connectivity index (χ0) is 7.68. The molecular weight excluding hydrogens is 134 g/mol. The highest BCUT2D eigenvalue weighted by atomic mass is 14.9. The zero-order valence-electron chi connectivity index (χ0n) is 7.47. The standard InChI is InChI=1S/C10H19N/c1-2-8-5-6-11-10(7-8)9-3-4-9/h8-11H,2-7H2,1H3. The molecular formula is C10H19N. The van der Waals surface area contributed by atoms with Gasteiger partial charge in [0.15, 0.2) is 0 Å². The molecule has 1 saturated carbocycles. The molecule has 0 radical (unpaired) electrons. The summed E-state index contributed by atoms with van der Waals surface area (Å²) in [4.78, 5) is 0. The lowest BCUT2D eigenvalue weighted by Crippen LogP contribution is -2.39. The van der Waals surface area contributed by atoms with Gasteiger partial charge in [0.1, 0.15) is 0 Å². The van der Waals surface area contributed by atoms with E-state index in [4.69, 9.17) is 0 Å². The van der Waals surface area contributed by atoms with Crippen molar-refractivity contribution in [1.82, 2.24) is 5.32 Å². The van der Waals surface area contributed by atoms with Crippen LogP contribution in [0.4, 0.5) is 0 Å². The minimum Gasteiger partial charge on any atom is -0.314 e. The molecule has 0 aromatic heterocycles. The molecule has 1 N–H and O–H groups in total. The van der Waals surface area contributed by atoms with Gasteiger partial charge in [-0.1, -0.05) is 13.3 Å². The lowest BCUT2D eigenvalue weighted by Gasteiger charge is -2.29. The van der Waals surface area contributed by atoms with Gasteiger partial charge in [0.2, 0.25) is 0 Å². The Morgan fingerprint density at radius 3 is 2.73 bits per heavy atom. The van der Waals surface area contributed by atoms with E-state index >= 15 is 0 Å². The molecule has 2 rings (SSSR count). The van der Waals surface area contributed by atoms with Crippen molar-refractivity contribution in [1.29, 1.82) is 0 Å². The summed E-state index contributed by atoms with van der Waals surface area (Å²) in [6.45, 7) is 3.61. The Labute approximate surface area is 69.6 Å². The van der Waals surface area contributed by atoms with Crippen LogP contribution in [0.1, 0.15) is 39.0 Å². The predicted molar refractivity (Wildman–Crippen MR) is 47.5 cm³/mol. The van der Waals surface area contributed by atoms with Crippen LogP contribution in [0.5, 0.6) is 0 Å². The maximum atomic E-state index is 3.65. The van der Waals surface area contributed by atoms with Gasteiger partial charge in [0.05, 0.1) is 0 Å². The monoisotopic (exact) mass is 153 g/mol. The summed E-state index contributed by atoms with van der Waals surface area (Å²) < 4.78 is 0. The van der Waals surface area contributed by atoms with Crippen molar-refractivity contribution >= 4 is 0 Å². The molecule has 1 saturated heterocycles. The smallest absolute Gasteiger partial charge is 0.00979 e. The first-order valence-electron chi connectivity index (χ1n) is 5.13. The summed E-state index contributed by atoms with van der Waals surface area (Å²) in [6.07, 6.45) is 7.26. The fraction of sp³-hybridized carbons (Fsp3) is 1.00. The largest absolute Gasteiger partial charge is 0.314 e. The van der Waals surface area contributed by atoms with E-state index in [0.29, 0.717) is 0 Å². The second-order valence-corrected chi connectivity index (χ2v) is 4.20. The third kappa shape index (κ3) is 1.76. The fourth-order valence-electron chi connectivity index (χ4n) is 2.26. The van der Waals surface area contributed by atoms with Gasteiger partial charge >= 0.3 is 0 Å². The van der Waals surface area contributed by atoms with Crippen molar-refractivity contribution in [3.8, 4) is 0 Å². The fourth-order valence-corrected chi connectivity index (χ4v) is 2.26. The first kappa shape index (κ1) is 7.60. The van der Waals surface area contributed by atoms with Gasteiger partial charge in [-0.2, -0.15) is 0 Å². The number of hydrogen-bond donors (Lipinski definition) is 1. The molecule has 0 spiro atoms. The minimum absolute atomic E-state index is 0.897. The van der Waals surface area contributed by atoms with Crippen molar-refractivity contribution in [2.24, 2.45) is 11.8 Å². The van der Waals surface area contributed by atoms with Crippen LogP contribution in [0.15, 0.2) is 0 Å². The predicted octanol–water partition coefficient (Wildman–Crippen LogP) is 2.17. The molecule has 1 aliphatic heterocycles. The second-order valence-electron chi connectivity index (χ2n) is 4.20. The van der Waals surface area contributed by atoms with Gasteiger partial charge in [0, 0.05) is 6.04 Å². The van der Waals surface area contributed by atoms with Crippen LogP contribution in [0.2, 0.25) is 0 Å². The van der Waals surface area contributed by atoms with Crippen molar-refractivity contribution in [3.05, 3.63) is 0 Å². The van der Waals surface area contributed by atoms with E-state index in [1.54, 1.807) is 0 Å². The summed E-state index contributed by atoms with van der Waals surface area (Å²) >= 11 is 0. The molecule has 0 bridgehead atoms. The first-order valence-corrected chi connectivity index (χ1v) is 5.13. The quantitative estimate of drug-likeness (QED) is 0.641. The van der Waals surface area contributed by atoms with Crippen LogP contribution in [-0.4, -0.2) is 12.6 Å². The van der Waals surface area contributed by atoms with Crippen LogP contribution in [-0.2, 0) is 0 Å². The van der Waals surface area contributed by atoms with Crippen molar-refractivity contribution in [2.75, 3.05) is 6.54 Å². The normalized spacial score (nSPS) is 39.0. The van der Waals surface area contributed by atoms with E-state index < -0.39 is 0 Å².